The van der Waals surface area contributed by atoms with Crippen LogP contribution in [0.1, 0.15) is 16.7 Å². The number of nitriles is 1. The van der Waals surface area contributed by atoms with Crippen LogP contribution in [0.2, 0.25) is 0 Å². The molecule has 5 aromatic rings. The van der Waals surface area contributed by atoms with Crippen molar-refractivity contribution < 1.29 is 18.6 Å². The smallest absolute Gasteiger partial charge is 0.238 e. The van der Waals surface area contributed by atoms with Crippen molar-refractivity contribution in [3.05, 3.63) is 120 Å². The fourth-order valence-corrected chi connectivity index (χ4v) is 4.15. The second-order valence-corrected chi connectivity index (χ2v) is 8.66. The number of hydrogen-bond acceptors (Lipinski definition) is 6. The number of nitrogens with zero attached hydrogens (tertiary/aromatic N) is 2. The van der Waals surface area contributed by atoms with Gasteiger partial charge in [0.25, 0.3) is 0 Å². The molecule has 0 aliphatic heterocycles. The third-order valence-electron chi connectivity index (χ3n) is 6.17. The molecule has 0 radical (unpaired) electrons. The van der Waals surface area contributed by atoms with Crippen LogP contribution in [0.3, 0.4) is 0 Å². The minimum absolute atomic E-state index is 0.227. The lowest BCUT2D eigenvalue weighted by molar-refractivity contribution is 0.306. The Morgan fingerprint density at radius 2 is 1.44 bits per heavy atom. The molecule has 1 heterocycles. The Morgan fingerprint density at radius 3 is 2.08 bits per heavy atom. The molecule has 0 amide bonds. The van der Waals surface area contributed by atoms with Crippen molar-refractivity contribution in [2.24, 2.45) is 4.99 Å². The van der Waals surface area contributed by atoms with E-state index in [2.05, 4.69) is 11.1 Å². The van der Waals surface area contributed by atoms with Crippen molar-refractivity contribution in [3.8, 4) is 45.8 Å². The lowest BCUT2D eigenvalue weighted by atomic mass is 9.98. The molecule has 0 unspecified atom stereocenters. The van der Waals surface area contributed by atoms with Crippen molar-refractivity contribution in [1.82, 2.24) is 0 Å². The largest absolute Gasteiger partial charge is 0.497 e. The van der Waals surface area contributed by atoms with E-state index in [4.69, 9.17) is 18.6 Å². The summed E-state index contributed by atoms with van der Waals surface area (Å²) in [6.07, 6.45) is 1.67. The van der Waals surface area contributed by atoms with Crippen LogP contribution in [-0.4, -0.2) is 20.4 Å². The van der Waals surface area contributed by atoms with Gasteiger partial charge in [0.1, 0.15) is 41.2 Å². The highest BCUT2D eigenvalue weighted by Gasteiger charge is 2.23. The topological polar surface area (TPSA) is 77.0 Å². The molecule has 192 valence electrons. The zero-order valence-corrected chi connectivity index (χ0v) is 21.6. The van der Waals surface area contributed by atoms with Crippen LogP contribution in [0.15, 0.2) is 113 Å². The quantitative estimate of drug-likeness (QED) is 0.187. The maximum atomic E-state index is 10.2. The maximum absolute atomic E-state index is 10.2. The maximum Gasteiger partial charge on any atom is 0.238 e. The average Bonchev–Trinajstić information content (AvgIpc) is 3.38. The Bertz CT molecular complexity index is 1610. The second-order valence-electron chi connectivity index (χ2n) is 8.66. The first-order valence-electron chi connectivity index (χ1n) is 12.3. The molecule has 6 nitrogen and oxygen atoms in total. The van der Waals surface area contributed by atoms with Gasteiger partial charge in [0, 0.05) is 17.3 Å². The summed E-state index contributed by atoms with van der Waals surface area (Å²) in [5.74, 6) is 2.94. The SMILES string of the molecule is COc1ccc(-c2oc(/N=C/c3cccc(OCc4ccccc4)c3)c(C#N)c2-c2ccc(OC)cc2)cc1. The van der Waals surface area contributed by atoms with E-state index in [1.54, 1.807) is 20.4 Å². The van der Waals surface area contributed by atoms with Gasteiger partial charge in [-0.2, -0.15) is 5.26 Å². The molecule has 0 fully saturated rings. The van der Waals surface area contributed by atoms with Crippen molar-refractivity contribution in [2.75, 3.05) is 14.2 Å². The van der Waals surface area contributed by atoms with Gasteiger partial charge in [0.05, 0.1) is 14.2 Å². The molecule has 0 atom stereocenters. The molecule has 0 bridgehead atoms. The summed E-state index contributed by atoms with van der Waals surface area (Å²) in [7, 11) is 3.23. The fraction of sp³-hybridized carbons (Fsp3) is 0.0909. The van der Waals surface area contributed by atoms with Crippen LogP contribution >= 0.6 is 0 Å². The van der Waals surface area contributed by atoms with Gasteiger partial charge in [-0.05, 0) is 65.2 Å². The van der Waals surface area contributed by atoms with Crippen LogP contribution in [0.5, 0.6) is 17.2 Å². The van der Waals surface area contributed by atoms with E-state index < -0.39 is 0 Å². The van der Waals surface area contributed by atoms with Crippen LogP contribution in [0.25, 0.3) is 22.5 Å². The Kier molecular flexibility index (Phi) is 7.71. The van der Waals surface area contributed by atoms with Gasteiger partial charge in [-0.15, -0.1) is 0 Å². The van der Waals surface area contributed by atoms with Crippen LogP contribution in [0.4, 0.5) is 5.88 Å². The van der Waals surface area contributed by atoms with Crippen molar-refractivity contribution in [3.63, 3.8) is 0 Å². The highest BCUT2D eigenvalue weighted by molar-refractivity contribution is 5.90. The summed E-state index contributed by atoms with van der Waals surface area (Å²) >= 11 is 0. The number of rotatable bonds is 9. The molecule has 0 saturated carbocycles. The van der Waals surface area contributed by atoms with E-state index in [9.17, 15) is 5.26 Å². The summed E-state index contributed by atoms with van der Waals surface area (Å²) in [6, 6.07) is 34.9. The van der Waals surface area contributed by atoms with E-state index in [-0.39, 0.29) is 5.88 Å². The molecular formula is C33H26N2O4. The van der Waals surface area contributed by atoms with E-state index in [0.29, 0.717) is 23.5 Å². The Balaban J connectivity index is 1.49. The second kappa shape index (κ2) is 11.8. The van der Waals surface area contributed by atoms with Gasteiger partial charge >= 0.3 is 0 Å². The van der Waals surface area contributed by atoms with Gasteiger partial charge < -0.3 is 18.6 Å². The number of ether oxygens (including phenoxy) is 3. The highest BCUT2D eigenvalue weighted by atomic mass is 16.5. The van der Waals surface area contributed by atoms with Gasteiger partial charge in [-0.25, -0.2) is 4.99 Å². The summed E-state index contributed by atoms with van der Waals surface area (Å²) in [5.41, 5.74) is 4.53. The third kappa shape index (κ3) is 5.84. The molecule has 39 heavy (non-hydrogen) atoms. The number of methoxy groups -OCH3 is 2. The molecule has 1 aromatic heterocycles. The van der Waals surface area contributed by atoms with Gasteiger partial charge in [0.2, 0.25) is 5.88 Å². The Hall–Kier alpha value is -5.28. The fourth-order valence-electron chi connectivity index (χ4n) is 4.15. The summed E-state index contributed by atoms with van der Waals surface area (Å²) < 4.78 is 22.8. The molecule has 0 aliphatic rings. The predicted molar refractivity (Wildman–Crippen MR) is 152 cm³/mol. The minimum atomic E-state index is 0.227. The third-order valence-corrected chi connectivity index (χ3v) is 6.17. The average molecular weight is 515 g/mol. The lowest BCUT2D eigenvalue weighted by Gasteiger charge is -2.06. The molecule has 5 rings (SSSR count). The molecule has 0 saturated heterocycles. The molecule has 6 heteroatoms. The van der Waals surface area contributed by atoms with E-state index >= 15 is 0 Å². The molecule has 0 N–H and O–H groups in total. The van der Waals surface area contributed by atoms with E-state index in [1.165, 1.54) is 0 Å². The van der Waals surface area contributed by atoms with Crippen LogP contribution < -0.4 is 14.2 Å². The monoisotopic (exact) mass is 514 g/mol. The van der Waals surface area contributed by atoms with Gasteiger partial charge in [-0.3, -0.25) is 0 Å². The zero-order chi connectivity index (χ0) is 27.0. The first-order valence-corrected chi connectivity index (χ1v) is 12.3. The molecule has 4 aromatic carbocycles. The van der Waals surface area contributed by atoms with Crippen LogP contribution in [0, 0.1) is 11.3 Å². The van der Waals surface area contributed by atoms with Crippen molar-refractivity contribution in [1.29, 1.82) is 5.26 Å². The first-order chi connectivity index (χ1) is 19.2. The molecule has 0 aliphatic carbocycles. The summed E-state index contributed by atoms with van der Waals surface area (Å²) in [5, 5.41) is 10.2. The predicted octanol–water partition coefficient (Wildman–Crippen LogP) is 7.83. The first kappa shape index (κ1) is 25.4. The zero-order valence-electron chi connectivity index (χ0n) is 21.6. The Morgan fingerprint density at radius 1 is 0.769 bits per heavy atom. The van der Waals surface area contributed by atoms with E-state index in [1.807, 2.05) is 103 Å². The van der Waals surface area contributed by atoms with Crippen LogP contribution in [-0.2, 0) is 6.61 Å². The normalized spacial score (nSPS) is 10.8. The molecule has 0 spiro atoms. The van der Waals surface area contributed by atoms with E-state index in [0.717, 1.165) is 39.5 Å². The summed E-state index contributed by atoms with van der Waals surface area (Å²) in [4.78, 5) is 4.59. The lowest BCUT2D eigenvalue weighted by Crippen LogP contribution is -1.95. The van der Waals surface area contributed by atoms with Gasteiger partial charge in [0.15, 0.2) is 0 Å². The van der Waals surface area contributed by atoms with Gasteiger partial charge in [-0.1, -0.05) is 54.6 Å². The van der Waals surface area contributed by atoms with Crippen molar-refractivity contribution >= 4 is 12.1 Å². The highest BCUT2D eigenvalue weighted by Crippen LogP contribution is 2.43. The number of hydrogen-bond donors (Lipinski definition) is 0. The molecular weight excluding hydrogens is 488 g/mol. The minimum Gasteiger partial charge on any atom is -0.497 e. The number of furan rings is 1. The standard InChI is InChI=1S/C33H26N2O4/c1-36-27-15-11-25(12-16-27)31-30(20-34)33(39-32(31)26-13-17-28(37-2)18-14-26)35-21-24-9-6-10-29(19-24)38-22-23-7-4-3-5-8-23/h3-19,21H,22H2,1-2H3/b35-21+. The number of benzene rings is 4. The summed E-state index contributed by atoms with van der Waals surface area (Å²) in [6.45, 7) is 0.467. The Labute approximate surface area is 227 Å². The van der Waals surface area contributed by atoms with Crippen molar-refractivity contribution in [2.45, 2.75) is 6.61 Å². The number of aliphatic imine (C=N–C) groups is 1.